The Kier molecular flexibility index (Phi) is 4.32. The van der Waals surface area contributed by atoms with E-state index in [4.69, 9.17) is 0 Å². The van der Waals surface area contributed by atoms with Gasteiger partial charge in [-0.2, -0.15) is 0 Å². The minimum Gasteiger partial charge on any atom is -0.324 e. The van der Waals surface area contributed by atoms with E-state index < -0.39 is 0 Å². The molecule has 2 heterocycles. The van der Waals surface area contributed by atoms with Crippen molar-refractivity contribution in [2.75, 3.05) is 20.1 Å². The maximum Gasteiger partial charge on any atom is 0.240 e. The molecule has 1 saturated carbocycles. The fourth-order valence-electron chi connectivity index (χ4n) is 4.27. The van der Waals surface area contributed by atoms with Crippen LogP contribution in [0.3, 0.4) is 0 Å². The number of rotatable bonds is 3. The van der Waals surface area contributed by atoms with Gasteiger partial charge in [0, 0.05) is 12.6 Å². The number of nitrogens with zero attached hydrogens (tertiary/aromatic N) is 2. The van der Waals surface area contributed by atoms with Crippen molar-refractivity contribution in [2.24, 2.45) is 5.92 Å². The lowest BCUT2D eigenvalue weighted by atomic mass is 10.00. The van der Waals surface area contributed by atoms with Crippen LogP contribution in [0, 0.1) is 5.92 Å². The van der Waals surface area contributed by atoms with Crippen molar-refractivity contribution in [3.63, 3.8) is 0 Å². The van der Waals surface area contributed by atoms with E-state index in [0.717, 1.165) is 6.54 Å². The van der Waals surface area contributed by atoms with E-state index in [0.29, 0.717) is 24.0 Å². The number of hydrogen-bond acceptors (Lipinski definition) is 3. The number of likely N-dealkylation sites (tertiary alicyclic amines) is 1. The Hall–Kier alpha value is -0.610. The first-order valence-corrected chi connectivity index (χ1v) is 8.43. The highest BCUT2D eigenvalue weighted by Gasteiger charge is 2.42. The molecule has 0 aromatic heterocycles. The number of likely N-dealkylation sites (N-methyl/N-ethyl adjacent to an activating group) is 1. The molecule has 0 spiro atoms. The summed E-state index contributed by atoms with van der Waals surface area (Å²) in [6, 6.07) is 0.568. The largest absolute Gasteiger partial charge is 0.324 e. The van der Waals surface area contributed by atoms with Crippen molar-refractivity contribution in [1.29, 1.82) is 0 Å². The van der Waals surface area contributed by atoms with Gasteiger partial charge >= 0.3 is 0 Å². The second-order valence-corrected chi connectivity index (χ2v) is 7.00. The molecule has 2 saturated heterocycles. The minimum atomic E-state index is 0.00879. The van der Waals surface area contributed by atoms with Gasteiger partial charge in [-0.25, -0.2) is 0 Å². The molecule has 3 rings (SSSR count). The Bertz CT molecular complexity index is 354. The van der Waals surface area contributed by atoms with Crippen LogP contribution >= 0.6 is 0 Å². The minimum absolute atomic E-state index is 0.00879. The second kappa shape index (κ2) is 6.02. The molecule has 0 aromatic carbocycles. The fraction of sp³-hybridized carbons (Fsp3) is 0.938. The molecule has 3 atom stereocenters. The van der Waals surface area contributed by atoms with E-state index in [1.165, 1.54) is 51.5 Å². The van der Waals surface area contributed by atoms with E-state index in [2.05, 4.69) is 22.2 Å². The molecule has 4 heteroatoms. The molecule has 1 amide bonds. The molecule has 3 fully saturated rings. The topological polar surface area (TPSA) is 35.6 Å². The molecular weight excluding hydrogens is 250 g/mol. The Morgan fingerprint density at radius 3 is 2.55 bits per heavy atom. The van der Waals surface area contributed by atoms with Gasteiger partial charge in [-0.15, -0.1) is 0 Å². The molecule has 4 nitrogen and oxygen atoms in total. The Balaban J connectivity index is 1.68. The van der Waals surface area contributed by atoms with Gasteiger partial charge in [0.1, 0.15) is 0 Å². The lowest BCUT2D eigenvalue weighted by Gasteiger charge is -2.38. The average molecular weight is 279 g/mol. The maximum absolute atomic E-state index is 12.5. The molecular formula is C16H29N3O. The zero-order valence-electron chi connectivity index (χ0n) is 13.0. The van der Waals surface area contributed by atoms with Crippen LogP contribution < -0.4 is 5.32 Å². The lowest BCUT2D eigenvalue weighted by Crippen LogP contribution is -2.50. The number of carbonyl (C=O) groups excluding carboxylic acids is 1. The van der Waals surface area contributed by atoms with Crippen LogP contribution in [0.25, 0.3) is 0 Å². The third-order valence-electron chi connectivity index (χ3n) is 5.59. The van der Waals surface area contributed by atoms with Gasteiger partial charge in [0.05, 0.1) is 12.2 Å². The van der Waals surface area contributed by atoms with Crippen LogP contribution in [0.4, 0.5) is 0 Å². The quantitative estimate of drug-likeness (QED) is 0.856. The van der Waals surface area contributed by atoms with Crippen LogP contribution in [-0.2, 0) is 4.79 Å². The van der Waals surface area contributed by atoms with Crippen molar-refractivity contribution in [3.8, 4) is 0 Å². The van der Waals surface area contributed by atoms with Crippen molar-refractivity contribution in [3.05, 3.63) is 0 Å². The van der Waals surface area contributed by atoms with E-state index in [1.807, 2.05) is 6.92 Å². The summed E-state index contributed by atoms with van der Waals surface area (Å²) >= 11 is 0. The molecule has 2 aliphatic heterocycles. The Morgan fingerprint density at radius 2 is 1.85 bits per heavy atom. The highest BCUT2D eigenvalue weighted by Crippen LogP contribution is 2.32. The smallest absolute Gasteiger partial charge is 0.240 e. The zero-order chi connectivity index (χ0) is 14.1. The van der Waals surface area contributed by atoms with Gasteiger partial charge < -0.3 is 9.80 Å². The van der Waals surface area contributed by atoms with Crippen LogP contribution in [0.1, 0.15) is 51.9 Å². The number of hydrogen-bond donors (Lipinski definition) is 1. The molecule has 0 aromatic rings. The summed E-state index contributed by atoms with van der Waals surface area (Å²) in [6.45, 7) is 4.13. The van der Waals surface area contributed by atoms with E-state index in [1.54, 1.807) is 0 Å². The number of amides is 1. The summed E-state index contributed by atoms with van der Waals surface area (Å²) in [7, 11) is 2.21. The summed E-state index contributed by atoms with van der Waals surface area (Å²) in [5.74, 6) is 0.999. The van der Waals surface area contributed by atoms with Gasteiger partial charge in [0.25, 0.3) is 0 Å². The zero-order valence-corrected chi connectivity index (χ0v) is 13.0. The van der Waals surface area contributed by atoms with Gasteiger partial charge in [-0.3, -0.25) is 10.1 Å². The normalized spacial score (nSPS) is 37.0. The molecule has 0 bridgehead atoms. The summed E-state index contributed by atoms with van der Waals surface area (Å²) < 4.78 is 0. The van der Waals surface area contributed by atoms with Crippen LogP contribution in [0.5, 0.6) is 0 Å². The van der Waals surface area contributed by atoms with Crippen molar-refractivity contribution < 1.29 is 4.79 Å². The van der Waals surface area contributed by atoms with Gasteiger partial charge in [0.2, 0.25) is 5.91 Å². The first kappa shape index (κ1) is 14.3. The van der Waals surface area contributed by atoms with Crippen molar-refractivity contribution in [2.45, 2.75) is 70.1 Å². The lowest BCUT2D eigenvalue weighted by molar-refractivity contribution is -0.131. The summed E-state index contributed by atoms with van der Waals surface area (Å²) in [4.78, 5) is 17.1. The Labute approximate surface area is 122 Å². The summed E-state index contributed by atoms with van der Waals surface area (Å²) in [6.07, 6.45) is 9.41. The van der Waals surface area contributed by atoms with Crippen molar-refractivity contribution >= 4 is 5.91 Å². The Morgan fingerprint density at radius 1 is 1.15 bits per heavy atom. The third kappa shape index (κ3) is 2.73. The maximum atomic E-state index is 12.5. The van der Waals surface area contributed by atoms with Gasteiger partial charge in [0.15, 0.2) is 0 Å². The number of carbonyl (C=O) groups is 1. The summed E-state index contributed by atoms with van der Waals surface area (Å²) in [5, 5.41) is 3.56. The van der Waals surface area contributed by atoms with Crippen LogP contribution in [0.15, 0.2) is 0 Å². The van der Waals surface area contributed by atoms with Crippen LogP contribution in [-0.4, -0.2) is 54.1 Å². The van der Waals surface area contributed by atoms with Crippen molar-refractivity contribution in [1.82, 2.24) is 15.1 Å². The second-order valence-electron chi connectivity index (χ2n) is 7.00. The van der Waals surface area contributed by atoms with E-state index in [-0.39, 0.29) is 6.04 Å². The highest BCUT2D eigenvalue weighted by molar-refractivity contribution is 5.84. The number of piperidine rings is 1. The van der Waals surface area contributed by atoms with Gasteiger partial charge in [-0.1, -0.05) is 19.3 Å². The molecule has 114 valence electrons. The molecule has 20 heavy (non-hydrogen) atoms. The average Bonchev–Trinajstić information content (AvgIpc) is 3.05. The molecule has 0 radical (unpaired) electrons. The highest BCUT2D eigenvalue weighted by atomic mass is 16.2. The van der Waals surface area contributed by atoms with E-state index >= 15 is 0 Å². The van der Waals surface area contributed by atoms with E-state index in [9.17, 15) is 4.79 Å². The summed E-state index contributed by atoms with van der Waals surface area (Å²) in [5.41, 5.74) is 0. The predicted octanol–water partition coefficient (Wildman–Crippen LogP) is 1.81. The molecule has 3 unspecified atom stereocenters. The molecule has 1 N–H and O–H groups in total. The SMILES string of the molecule is CC1NC(C2CCCC2)N(CC2CCCCN2C)C1=O. The first-order valence-electron chi connectivity index (χ1n) is 8.43. The van der Waals surface area contributed by atoms with Crippen LogP contribution in [0.2, 0.25) is 0 Å². The van der Waals surface area contributed by atoms with Gasteiger partial charge in [-0.05, 0) is 52.1 Å². The first-order chi connectivity index (χ1) is 9.66. The standard InChI is InChI=1S/C16H29N3O/c1-12-16(20)19(11-14-9-5-6-10-18(14)2)15(17-12)13-7-3-4-8-13/h12-15,17H,3-11H2,1-2H3. The molecule has 3 aliphatic rings. The monoisotopic (exact) mass is 279 g/mol. The fourth-order valence-corrected chi connectivity index (χ4v) is 4.27. The number of nitrogens with one attached hydrogen (secondary N) is 1. The molecule has 1 aliphatic carbocycles. The third-order valence-corrected chi connectivity index (χ3v) is 5.59. The predicted molar refractivity (Wildman–Crippen MR) is 80.3 cm³/mol.